The Labute approximate surface area is 104 Å². The molecule has 0 saturated heterocycles. The molecule has 2 heteroatoms. The molecule has 0 N–H and O–H groups in total. The fraction of sp³-hybridized carbons (Fsp3) is 0.857. The lowest BCUT2D eigenvalue weighted by molar-refractivity contribution is 0.352. The minimum absolute atomic E-state index is 0.841. The van der Waals surface area contributed by atoms with Crippen LogP contribution in [0.5, 0.6) is 0 Å². The van der Waals surface area contributed by atoms with E-state index in [0.717, 1.165) is 5.67 Å². The molecule has 0 aromatic rings. The van der Waals surface area contributed by atoms with Crippen molar-refractivity contribution >= 4 is 8.07 Å². The molecule has 2 atom stereocenters. The number of allylic oxidation sites excluding steroid dienone is 2. The Morgan fingerprint density at radius 1 is 1.19 bits per heavy atom. The molecule has 0 fully saturated rings. The monoisotopic (exact) mass is 241 g/mol. The molecule has 0 heterocycles. The van der Waals surface area contributed by atoms with Crippen LogP contribution in [-0.2, 0) is 0 Å². The average Bonchev–Trinajstić information content (AvgIpc) is 2.26. The minimum Gasteiger partial charge on any atom is -0.309 e. The van der Waals surface area contributed by atoms with E-state index in [1.807, 2.05) is 0 Å². The van der Waals surface area contributed by atoms with Crippen molar-refractivity contribution in [1.29, 1.82) is 0 Å². The molecule has 0 bridgehead atoms. The number of nitrogens with zero attached hydrogens (tertiary/aromatic N) is 1. The van der Waals surface area contributed by atoms with Gasteiger partial charge in [-0.1, -0.05) is 51.4 Å². The Hall–Kier alpha value is -0.0831. The maximum Gasteiger partial charge on any atom is 0.0763 e. The van der Waals surface area contributed by atoms with Gasteiger partial charge in [0.1, 0.15) is 0 Å². The lowest BCUT2D eigenvalue weighted by Crippen LogP contribution is -2.53. The third kappa shape index (κ3) is 4.06. The third-order valence-corrected chi connectivity index (χ3v) is 10.2. The highest BCUT2D eigenvalue weighted by molar-refractivity contribution is 6.81. The van der Waals surface area contributed by atoms with Gasteiger partial charge in [-0.3, -0.25) is 0 Å². The summed E-state index contributed by atoms with van der Waals surface area (Å²) in [7, 11) is 3.38. The predicted molar refractivity (Wildman–Crippen MR) is 78.7 cm³/mol. The van der Waals surface area contributed by atoms with Gasteiger partial charge in [0.2, 0.25) is 0 Å². The number of rotatable bonds is 8. The van der Waals surface area contributed by atoms with E-state index < -0.39 is 8.07 Å². The molecule has 96 valence electrons. The van der Waals surface area contributed by atoms with Gasteiger partial charge in [0.15, 0.2) is 0 Å². The molecule has 1 nitrogen and oxygen atoms in total. The fourth-order valence-corrected chi connectivity index (χ4v) is 8.74. The van der Waals surface area contributed by atoms with Gasteiger partial charge in [-0.05, 0) is 33.5 Å². The summed E-state index contributed by atoms with van der Waals surface area (Å²) in [6.45, 7) is 9.26. The van der Waals surface area contributed by atoms with Gasteiger partial charge < -0.3 is 4.90 Å². The summed E-state index contributed by atoms with van der Waals surface area (Å²) < 4.78 is 0. The molecule has 0 spiro atoms. The van der Waals surface area contributed by atoms with Crippen molar-refractivity contribution in [3.8, 4) is 0 Å². The van der Waals surface area contributed by atoms with Crippen LogP contribution in [-0.4, -0.2) is 32.7 Å². The molecule has 0 rings (SSSR count). The van der Waals surface area contributed by atoms with E-state index in [1.165, 1.54) is 31.0 Å². The molecular weight excluding hydrogens is 210 g/mol. The normalized spacial score (nSPS) is 17.9. The third-order valence-electron chi connectivity index (χ3n) is 3.93. The van der Waals surface area contributed by atoms with Gasteiger partial charge >= 0.3 is 0 Å². The molecule has 0 amide bonds. The molecule has 0 aliphatic rings. The fourth-order valence-electron chi connectivity index (χ4n) is 3.16. The van der Waals surface area contributed by atoms with Gasteiger partial charge in [-0.2, -0.15) is 0 Å². The average molecular weight is 241 g/mol. The predicted octanol–water partition coefficient (Wildman–Crippen LogP) is 4.32. The summed E-state index contributed by atoms with van der Waals surface area (Å²) in [5.41, 5.74) is 0.841. The molecule has 0 aliphatic carbocycles. The smallest absolute Gasteiger partial charge is 0.0763 e. The Bertz CT molecular complexity index is 201. The minimum atomic E-state index is -1.14. The van der Waals surface area contributed by atoms with Crippen molar-refractivity contribution in [3.05, 3.63) is 12.2 Å². The first kappa shape index (κ1) is 15.9. The van der Waals surface area contributed by atoms with Crippen LogP contribution >= 0.6 is 0 Å². The Morgan fingerprint density at radius 2 is 1.81 bits per heavy atom. The zero-order chi connectivity index (χ0) is 12.6. The van der Waals surface area contributed by atoms with E-state index >= 15 is 0 Å². The highest BCUT2D eigenvalue weighted by Gasteiger charge is 2.37. The van der Waals surface area contributed by atoms with E-state index in [0.29, 0.717) is 0 Å². The zero-order valence-electron chi connectivity index (χ0n) is 12.2. The molecule has 0 aromatic heterocycles. The second-order valence-electron chi connectivity index (χ2n) is 5.13. The second kappa shape index (κ2) is 8.07. The number of hydrogen-bond donors (Lipinski definition) is 0. The first-order valence-corrected chi connectivity index (χ1v) is 9.55. The van der Waals surface area contributed by atoms with Gasteiger partial charge in [0, 0.05) is 5.67 Å². The summed E-state index contributed by atoms with van der Waals surface area (Å²) >= 11 is 0. The largest absolute Gasteiger partial charge is 0.309 e. The van der Waals surface area contributed by atoms with Crippen molar-refractivity contribution in [3.63, 3.8) is 0 Å². The van der Waals surface area contributed by atoms with Gasteiger partial charge in [0.05, 0.1) is 8.07 Å². The topological polar surface area (TPSA) is 3.24 Å². The van der Waals surface area contributed by atoms with Crippen LogP contribution in [0, 0.1) is 0 Å². The van der Waals surface area contributed by atoms with Crippen LogP contribution in [0.4, 0.5) is 0 Å². The molecule has 2 unspecified atom stereocenters. The van der Waals surface area contributed by atoms with Crippen LogP contribution in [0.1, 0.15) is 40.5 Å². The Balaban J connectivity index is 4.96. The molecule has 0 aliphatic heterocycles. The summed E-state index contributed by atoms with van der Waals surface area (Å²) in [5, 5.41) is 0. The van der Waals surface area contributed by atoms with E-state index in [4.69, 9.17) is 0 Å². The summed E-state index contributed by atoms with van der Waals surface area (Å²) in [5.74, 6) is 0. The van der Waals surface area contributed by atoms with Crippen molar-refractivity contribution in [1.82, 2.24) is 4.90 Å². The van der Waals surface area contributed by atoms with Crippen LogP contribution in [0.2, 0.25) is 18.1 Å². The zero-order valence-corrected chi connectivity index (χ0v) is 13.2. The van der Waals surface area contributed by atoms with Crippen LogP contribution in [0.3, 0.4) is 0 Å². The first-order chi connectivity index (χ1) is 7.57. The molecule has 0 radical (unpaired) electrons. The quantitative estimate of drug-likeness (QED) is 0.452. The van der Waals surface area contributed by atoms with Gasteiger partial charge in [-0.15, -0.1) is 0 Å². The van der Waals surface area contributed by atoms with Crippen molar-refractivity contribution in [2.45, 2.75) is 64.3 Å². The lowest BCUT2D eigenvalue weighted by Gasteiger charge is -2.41. The van der Waals surface area contributed by atoms with E-state index in [2.05, 4.69) is 58.8 Å². The summed E-state index contributed by atoms with van der Waals surface area (Å²) in [6.07, 6.45) is 7.31. The van der Waals surface area contributed by atoms with E-state index in [-0.39, 0.29) is 0 Å². The second-order valence-corrected chi connectivity index (χ2v) is 10.1. The standard InChI is InChI=1S/C14H31NSi/c1-7-11-13-16(10-4,12-8-2)14(9-3)15(5)6/h7,11,14H,8-10,12-13H2,1-6H3/b11-7+. The highest BCUT2D eigenvalue weighted by Crippen LogP contribution is 2.30. The molecular formula is C14H31NSi. The molecule has 0 aromatic carbocycles. The Kier molecular flexibility index (Phi) is 8.03. The first-order valence-electron chi connectivity index (χ1n) is 6.85. The molecule has 0 saturated carbocycles. The van der Waals surface area contributed by atoms with Crippen LogP contribution in [0.25, 0.3) is 0 Å². The van der Waals surface area contributed by atoms with Crippen LogP contribution in [0.15, 0.2) is 12.2 Å². The summed E-state index contributed by atoms with van der Waals surface area (Å²) in [4.78, 5) is 2.48. The SMILES string of the molecule is C/C=C/C[Si](CC)(CCC)C(CC)N(C)C. The Morgan fingerprint density at radius 3 is 2.12 bits per heavy atom. The van der Waals surface area contributed by atoms with Crippen LogP contribution < -0.4 is 0 Å². The maximum atomic E-state index is 2.48. The van der Waals surface area contributed by atoms with Crippen molar-refractivity contribution < 1.29 is 0 Å². The van der Waals surface area contributed by atoms with Gasteiger partial charge in [-0.25, -0.2) is 0 Å². The number of hydrogen-bond acceptors (Lipinski definition) is 1. The molecule has 16 heavy (non-hydrogen) atoms. The maximum absolute atomic E-state index is 2.48. The lowest BCUT2D eigenvalue weighted by atomic mass is 10.4. The van der Waals surface area contributed by atoms with Crippen molar-refractivity contribution in [2.75, 3.05) is 14.1 Å². The summed E-state index contributed by atoms with van der Waals surface area (Å²) in [6, 6.07) is 4.26. The highest BCUT2D eigenvalue weighted by atomic mass is 28.3. The van der Waals surface area contributed by atoms with Gasteiger partial charge in [0.25, 0.3) is 0 Å². The van der Waals surface area contributed by atoms with Crippen molar-refractivity contribution in [2.24, 2.45) is 0 Å². The van der Waals surface area contributed by atoms with E-state index in [9.17, 15) is 0 Å². The van der Waals surface area contributed by atoms with E-state index in [1.54, 1.807) is 0 Å².